The fourth-order valence-corrected chi connectivity index (χ4v) is 4.07. The summed E-state index contributed by atoms with van der Waals surface area (Å²) in [5.74, 6) is 0.576. The Hall–Kier alpha value is -4.33. The van der Waals surface area contributed by atoms with Gasteiger partial charge in [0.15, 0.2) is 0 Å². The Morgan fingerprint density at radius 3 is 2.64 bits per heavy atom. The minimum Gasteiger partial charge on any atom is -0.496 e. The van der Waals surface area contributed by atoms with Crippen LogP contribution in [-0.2, 0) is 0 Å². The van der Waals surface area contributed by atoms with Crippen molar-refractivity contribution in [3.8, 4) is 28.0 Å². The summed E-state index contributed by atoms with van der Waals surface area (Å²) in [4.78, 5) is 33.7. The molecule has 4 aromatic rings. The summed E-state index contributed by atoms with van der Waals surface area (Å²) in [6.45, 7) is 1.35. The van der Waals surface area contributed by atoms with Crippen LogP contribution < -0.4 is 10.1 Å². The van der Waals surface area contributed by atoms with Gasteiger partial charge in [0, 0.05) is 47.6 Å². The van der Waals surface area contributed by atoms with Crippen molar-refractivity contribution in [2.45, 2.75) is 6.42 Å². The molecule has 1 fully saturated rings. The molecule has 8 heteroatoms. The lowest BCUT2D eigenvalue weighted by Crippen LogP contribution is -2.42. The number of aromatic amines is 1. The summed E-state index contributed by atoms with van der Waals surface area (Å²) >= 11 is 0. The standard InChI is InChI=1S/C25H22N4O4/c1-33-22-6-3-2-5-17(22)20-14-27-23-18(20)12-16(13-26-23)15-7-8-21(28-25(31)32)19(11-15)24(30)29-9-4-10-29/h2-3,5-8,11-14,28H,4,9-10H2,1H3,(H,26,27)(H,31,32). The van der Waals surface area contributed by atoms with Crippen molar-refractivity contribution in [2.24, 2.45) is 0 Å². The number of likely N-dealkylation sites (tertiary alicyclic amines) is 1. The average molecular weight is 442 g/mol. The fourth-order valence-electron chi connectivity index (χ4n) is 4.07. The van der Waals surface area contributed by atoms with E-state index in [0.717, 1.165) is 45.5 Å². The number of carbonyl (C=O) groups excluding carboxylic acids is 1. The maximum Gasteiger partial charge on any atom is 0.409 e. The number of nitrogens with one attached hydrogen (secondary N) is 2. The normalized spacial score (nSPS) is 12.9. The number of fused-ring (bicyclic) bond motifs is 1. The zero-order valence-corrected chi connectivity index (χ0v) is 18.0. The summed E-state index contributed by atoms with van der Waals surface area (Å²) in [6.07, 6.45) is 3.38. The van der Waals surface area contributed by atoms with Gasteiger partial charge in [-0.3, -0.25) is 10.1 Å². The molecular formula is C25H22N4O4. The lowest BCUT2D eigenvalue weighted by Gasteiger charge is -2.31. The first kappa shape index (κ1) is 20.6. The van der Waals surface area contributed by atoms with E-state index in [1.807, 2.05) is 36.5 Å². The lowest BCUT2D eigenvalue weighted by molar-refractivity contribution is 0.0653. The number of rotatable bonds is 5. The molecule has 8 nitrogen and oxygen atoms in total. The number of anilines is 1. The van der Waals surface area contributed by atoms with Gasteiger partial charge >= 0.3 is 6.09 Å². The summed E-state index contributed by atoms with van der Waals surface area (Å²) in [5.41, 5.74) is 4.83. The predicted octanol–water partition coefficient (Wildman–Crippen LogP) is 4.84. The van der Waals surface area contributed by atoms with Crippen molar-refractivity contribution in [1.29, 1.82) is 0 Å². The number of nitrogens with zero attached hydrogens (tertiary/aromatic N) is 2. The molecule has 0 atom stereocenters. The molecular weight excluding hydrogens is 420 g/mol. The number of pyridine rings is 1. The zero-order valence-electron chi connectivity index (χ0n) is 18.0. The van der Waals surface area contributed by atoms with Crippen molar-refractivity contribution >= 4 is 28.7 Å². The Morgan fingerprint density at radius 2 is 1.91 bits per heavy atom. The summed E-state index contributed by atoms with van der Waals surface area (Å²) < 4.78 is 5.53. The highest BCUT2D eigenvalue weighted by Gasteiger charge is 2.25. The maximum atomic E-state index is 13.0. The molecule has 1 saturated heterocycles. The van der Waals surface area contributed by atoms with E-state index in [1.165, 1.54) is 0 Å². The highest BCUT2D eigenvalue weighted by Crippen LogP contribution is 2.36. The Labute approximate surface area is 189 Å². The Morgan fingerprint density at radius 1 is 1.09 bits per heavy atom. The van der Waals surface area contributed by atoms with E-state index in [-0.39, 0.29) is 11.6 Å². The van der Waals surface area contributed by atoms with Crippen LogP contribution >= 0.6 is 0 Å². The van der Waals surface area contributed by atoms with Gasteiger partial charge in [-0.15, -0.1) is 0 Å². The summed E-state index contributed by atoms with van der Waals surface area (Å²) in [6, 6.07) is 14.9. The van der Waals surface area contributed by atoms with Crippen LogP contribution in [0, 0.1) is 0 Å². The summed E-state index contributed by atoms with van der Waals surface area (Å²) in [5, 5.41) is 12.4. The molecule has 0 unspecified atom stereocenters. The zero-order chi connectivity index (χ0) is 22.9. The fraction of sp³-hybridized carbons (Fsp3) is 0.160. The van der Waals surface area contributed by atoms with E-state index < -0.39 is 6.09 Å². The monoisotopic (exact) mass is 442 g/mol. The van der Waals surface area contributed by atoms with E-state index in [1.54, 1.807) is 36.4 Å². The minimum atomic E-state index is -1.21. The molecule has 33 heavy (non-hydrogen) atoms. The Kier molecular flexibility index (Phi) is 5.18. The van der Waals surface area contributed by atoms with Gasteiger partial charge < -0.3 is 19.7 Å². The van der Waals surface area contributed by atoms with Gasteiger partial charge in [0.25, 0.3) is 5.91 Å². The molecule has 0 saturated carbocycles. The number of H-pyrrole nitrogens is 1. The Balaban J connectivity index is 1.60. The molecule has 5 rings (SSSR count). The highest BCUT2D eigenvalue weighted by molar-refractivity contribution is 6.04. The second kappa shape index (κ2) is 8.31. The number of methoxy groups -OCH3 is 1. The largest absolute Gasteiger partial charge is 0.496 e. The molecule has 2 aromatic heterocycles. The predicted molar refractivity (Wildman–Crippen MR) is 126 cm³/mol. The Bertz CT molecular complexity index is 1370. The number of amides is 2. The number of ether oxygens (including phenoxy) is 1. The molecule has 3 heterocycles. The van der Waals surface area contributed by atoms with Crippen LogP contribution in [0.2, 0.25) is 0 Å². The molecule has 166 valence electrons. The van der Waals surface area contributed by atoms with Crippen molar-refractivity contribution in [3.63, 3.8) is 0 Å². The van der Waals surface area contributed by atoms with E-state index >= 15 is 0 Å². The number of hydrogen-bond donors (Lipinski definition) is 3. The first-order valence-corrected chi connectivity index (χ1v) is 10.6. The van der Waals surface area contributed by atoms with Crippen LogP contribution in [0.5, 0.6) is 5.75 Å². The second-order valence-corrected chi connectivity index (χ2v) is 7.86. The summed E-state index contributed by atoms with van der Waals surface area (Å²) in [7, 11) is 1.64. The number of hydrogen-bond acceptors (Lipinski definition) is 4. The number of carboxylic acid groups (broad SMARTS) is 1. The van der Waals surface area contributed by atoms with Crippen LogP contribution in [0.1, 0.15) is 16.8 Å². The van der Waals surface area contributed by atoms with Gasteiger partial charge in [0.05, 0.1) is 18.4 Å². The van der Waals surface area contributed by atoms with E-state index in [4.69, 9.17) is 4.74 Å². The number of carbonyl (C=O) groups is 2. The lowest BCUT2D eigenvalue weighted by atomic mass is 9.99. The van der Waals surface area contributed by atoms with Crippen molar-refractivity contribution in [3.05, 3.63) is 66.5 Å². The van der Waals surface area contributed by atoms with E-state index in [0.29, 0.717) is 18.7 Å². The van der Waals surface area contributed by atoms with Gasteiger partial charge in [-0.25, -0.2) is 9.78 Å². The average Bonchev–Trinajstić information content (AvgIpc) is 3.20. The van der Waals surface area contributed by atoms with Gasteiger partial charge in [0.1, 0.15) is 11.4 Å². The number of aromatic nitrogens is 2. The molecule has 2 amide bonds. The van der Waals surface area contributed by atoms with Crippen LogP contribution in [0.3, 0.4) is 0 Å². The van der Waals surface area contributed by atoms with Crippen LogP contribution in [0.25, 0.3) is 33.3 Å². The van der Waals surface area contributed by atoms with Crippen molar-refractivity contribution in [1.82, 2.24) is 14.9 Å². The van der Waals surface area contributed by atoms with Crippen LogP contribution in [-0.4, -0.2) is 52.2 Å². The topological polar surface area (TPSA) is 108 Å². The molecule has 0 aliphatic carbocycles. The van der Waals surface area contributed by atoms with Crippen molar-refractivity contribution < 1.29 is 19.4 Å². The third-order valence-corrected chi connectivity index (χ3v) is 5.90. The molecule has 1 aliphatic rings. The first-order chi connectivity index (χ1) is 16.0. The smallest absolute Gasteiger partial charge is 0.409 e. The number of benzene rings is 2. The SMILES string of the molecule is COc1ccccc1-c1c[nH]c2ncc(-c3ccc(NC(=O)O)c(C(=O)N4CCC4)c3)cc12. The van der Waals surface area contributed by atoms with Crippen LogP contribution in [0.4, 0.5) is 10.5 Å². The third kappa shape index (κ3) is 3.76. The van der Waals surface area contributed by atoms with Crippen molar-refractivity contribution in [2.75, 3.05) is 25.5 Å². The molecule has 0 radical (unpaired) electrons. The second-order valence-electron chi connectivity index (χ2n) is 7.86. The molecule has 0 spiro atoms. The van der Waals surface area contributed by atoms with Gasteiger partial charge in [-0.2, -0.15) is 0 Å². The van der Waals surface area contributed by atoms with E-state index in [2.05, 4.69) is 15.3 Å². The number of para-hydroxylation sites is 1. The minimum absolute atomic E-state index is 0.183. The van der Waals surface area contributed by atoms with Crippen LogP contribution in [0.15, 0.2) is 60.9 Å². The van der Waals surface area contributed by atoms with Gasteiger partial charge in [0.2, 0.25) is 0 Å². The first-order valence-electron chi connectivity index (χ1n) is 10.6. The molecule has 2 aromatic carbocycles. The molecule has 0 bridgehead atoms. The maximum absolute atomic E-state index is 13.0. The molecule has 3 N–H and O–H groups in total. The van der Waals surface area contributed by atoms with E-state index in [9.17, 15) is 14.7 Å². The molecule has 1 aliphatic heterocycles. The van der Waals surface area contributed by atoms with Gasteiger partial charge in [-0.1, -0.05) is 24.3 Å². The third-order valence-electron chi connectivity index (χ3n) is 5.90. The highest BCUT2D eigenvalue weighted by atomic mass is 16.5. The quantitative estimate of drug-likeness (QED) is 0.410. The van der Waals surface area contributed by atoms with Gasteiger partial charge in [-0.05, 0) is 36.2 Å².